The maximum absolute atomic E-state index is 2.23. The van der Waals surface area contributed by atoms with Gasteiger partial charge in [-0.3, -0.25) is 0 Å². The third kappa shape index (κ3) is 4.70. The summed E-state index contributed by atoms with van der Waals surface area (Å²) < 4.78 is 0. The molecule has 29 heavy (non-hydrogen) atoms. The molecule has 4 rings (SSSR count). The molecule has 0 spiro atoms. The SMILES string of the molecule is Cc1ccc(/C(Sc2ccccc2)=C(/c2ccccc2)c2ccc(C)cc2)cc1. The first-order chi connectivity index (χ1) is 14.2. The van der Waals surface area contributed by atoms with Crippen molar-refractivity contribution < 1.29 is 0 Å². The molecule has 0 fully saturated rings. The quantitative estimate of drug-likeness (QED) is 0.245. The van der Waals surface area contributed by atoms with Crippen molar-refractivity contribution in [3.8, 4) is 0 Å². The van der Waals surface area contributed by atoms with E-state index in [-0.39, 0.29) is 0 Å². The number of hydrogen-bond donors (Lipinski definition) is 0. The van der Waals surface area contributed by atoms with E-state index in [1.165, 1.54) is 43.2 Å². The molecule has 0 saturated carbocycles. The first-order valence-corrected chi connectivity index (χ1v) is 10.7. The van der Waals surface area contributed by atoms with Crippen LogP contribution in [0.5, 0.6) is 0 Å². The molecule has 1 heteroatoms. The molecule has 142 valence electrons. The van der Waals surface area contributed by atoms with Gasteiger partial charge in [0.2, 0.25) is 0 Å². The van der Waals surface area contributed by atoms with Gasteiger partial charge in [0.05, 0.1) is 0 Å². The lowest BCUT2D eigenvalue weighted by Crippen LogP contribution is -1.94. The van der Waals surface area contributed by atoms with Crippen LogP contribution in [0.15, 0.2) is 114 Å². The molecular formula is C28H24S. The fraction of sp³-hybridized carbons (Fsp3) is 0.0714. The Morgan fingerprint density at radius 1 is 0.483 bits per heavy atom. The lowest BCUT2D eigenvalue weighted by molar-refractivity contribution is 1.44. The monoisotopic (exact) mass is 392 g/mol. The summed E-state index contributed by atoms with van der Waals surface area (Å²) in [5.41, 5.74) is 7.52. The molecule has 0 N–H and O–H groups in total. The van der Waals surface area contributed by atoms with Crippen LogP contribution in [-0.4, -0.2) is 0 Å². The molecule has 4 aromatic rings. The number of rotatable bonds is 5. The largest absolute Gasteiger partial charge is 0.0888 e. The molecule has 0 atom stereocenters. The fourth-order valence-electron chi connectivity index (χ4n) is 3.32. The molecule has 0 radical (unpaired) electrons. The minimum absolute atomic E-state index is 1.23. The van der Waals surface area contributed by atoms with Crippen LogP contribution < -0.4 is 0 Å². The highest BCUT2D eigenvalue weighted by Gasteiger charge is 2.15. The van der Waals surface area contributed by atoms with Gasteiger partial charge in [-0.1, -0.05) is 120 Å². The van der Waals surface area contributed by atoms with Crippen molar-refractivity contribution in [2.75, 3.05) is 0 Å². The Labute approximate surface area is 177 Å². The van der Waals surface area contributed by atoms with E-state index >= 15 is 0 Å². The minimum Gasteiger partial charge on any atom is -0.0888 e. The lowest BCUT2D eigenvalue weighted by Gasteiger charge is -2.17. The van der Waals surface area contributed by atoms with Crippen molar-refractivity contribution in [1.82, 2.24) is 0 Å². The van der Waals surface area contributed by atoms with E-state index in [4.69, 9.17) is 0 Å². The van der Waals surface area contributed by atoms with Crippen LogP contribution in [0, 0.1) is 13.8 Å². The third-order valence-corrected chi connectivity index (χ3v) is 6.06. The summed E-state index contributed by atoms with van der Waals surface area (Å²) >= 11 is 1.83. The van der Waals surface area contributed by atoms with Gasteiger partial charge in [-0.25, -0.2) is 0 Å². The van der Waals surface area contributed by atoms with E-state index in [0.29, 0.717) is 0 Å². The Kier molecular flexibility index (Phi) is 5.97. The predicted octanol–water partition coefficient (Wildman–Crippen LogP) is 8.01. The number of benzene rings is 4. The maximum Gasteiger partial charge on any atom is 0.0279 e. The average molecular weight is 393 g/mol. The van der Waals surface area contributed by atoms with Crippen LogP contribution in [0.1, 0.15) is 27.8 Å². The zero-order valence-electron chi connectivity index (χ0n) is 16.8. The van der Waals surface area contributed by atoms with E-state index in [2.05, 4.69) is 123 Å². The Hall–Kier alpha value is -3.03. The zero-order chi connectivity index (χ0) is 20.1. The third-order valence-electron chi connectivity index (χ3n) is 4.91. The highest BCUT2D eigenvalue weighted by molar-refractivity contribution is 8.08. The van der Waals surface area contributed by atoms with E-state index in [9.17, 15) is 0 Å². The molecule has 0 nitrogen and oxygen atoms in total. The average Bonchev–Trinajstić information content (AvgIpc) is 2.77. The van der Waals surface area contributed by atoms with Gasteiger partial charge < -0.3 is 0 Å². The van der Waals surface area contributed by atoms with Crippen LogP contribution in [0.3, 0.4) is 0 Å². The van der Waals surface area contributed by atoms with Gasteiger partial charge in [0, 0.05) is 15.4 Å². The van der Waals surface area contributed by atoms with E-state index in [1.54, 1.807) is 0 Å². The van der Waals surface area contributed by atoms with Gasteiger partial charge in [-0.2, -0.15) is 0 Å². The lowest BCUT2D eigenvalue weighted by atomic mass is 9.94. The summed E-state index contributed by atoms with van der Waals surface area (Å²) in [5, 5.41) is 0. The molecule has 0 amide bonds. The Bertz CT molecular complexity index is 1090. The zero-order valence-corrected chi connectivity index (χ0v) is 17.6. The predicted molar refractivity (Wildman–Crippen MR) is 127 cm³/mol. The number of thioether (sulfide) groups is 1. The van der Waals surface area contributed by atoms with Crippen molar-refractivity contribution in [2.45, 2.75) is 18.7 Å². The van der Waals surface area contributed by atoms with E-state index in [1.807, 2.05) is 11.8 Å². The van der Waals surface area contributed by atoms with Crippen molar-refractivity contribution >= 4 is 22.2 Å². The highest BCUT2D eigenvalue weighted by atomic mass is 32.2. The van der Waals surface area contributed by atoms with Gasteiger partial charge >= 0.3 is 0 Å². The molecule has 0 aliphatic heterocycles. The van der Waals surface area contributed by atoms with Gasteiger partial charge in [-0.15, -0.1) is 0 Å². The van der Waals surface area contributed by atoms with E-state index < -0.39 is 0 Å². The Morgan fingerprint density at radius 3 is 1.48 bits per heavy atom. The van der Waals surface area contributed by atoms with Crippen LogP contribution >= 0.6 is 11.8 Å². The normalized spacial score (nSPS) is 11.8. The standard InChI is InChI=1S/C28H24S/c1-21-13-17-24(18-14-21)27(23-9-5-3-6-10-23)28(25-19-15-22(2)16-20-25)29-26-11-7-4-8-12-26/h3-20H,1-2H3/b28-27+. The van der Waals surface area contributed by atoms with Gasteiger partial charge in [0.25, 0.3) is 0 Å². The Morgan fingerprint density at radius 2 is 0.931 bits per heavy atom. The molecule has 0 saturated heterocycles. The highest BCUT2D eigenvalue weighted by Crippen LogP contribution is 2.42. The molecule has 0 bridgehead atoms. The van der Waals surface area contributed by atoms with Gasteiger partial charge in [-0.05, 0) is 42.7 Å². The number of aryl methyl sites for hydroxylation is 2. The molecule has 0 heterocycles. The summed E-state index contributed by atoms with van der Waals surface area (Å²) in [7, 11) is 0. The molecule has 0 aliphatic carbocycles. The topological polar surface area (TPSA) is 0 Å². The summed E-state index contributed by atoms with van der Waals surface area (Å²) in [6.07, 6.45) is 0. The van der Waals surface area contributed by atoms with Crippen molar-refractivity contribution in [3.05, 3.63) is 137 Å². The van der Waals surface area contributed by atoms with Crippen LogP contribution in [0.2, 0.25) is 0 Å². The fourth-order valence-corrected chi connectivity index (χ4v) is 4.44. The summed E-state index contributed by atoms with van der Waals surface area (Å²) in [5.74, 6) is 0. The molecule has 0 aromatic heterocycles. The van der Waals surface area contributed by atoms with Crippen LogP contribution in [0.25, 0.3) is 10.5 Å². The van der Waals surface area contributed by atoms with Crippen LogP contribution in [0.4, 0.5) is 0 Å². The Balaban J connectivity index is 1.98. The van der Waals surface area contributed by atoms with Gasteiger partial charge in [0.1, 0.15) is 0 Å². The van der Waals surface area contributed by atoms with Crippen molar-refractivity contribution in [1.29, 1.82) is 0 Å². The van der Waals surface area contributed by atoms with Gasteiger partial charge in [0.15, 0.2) is 0 Å². The van der Waals surface area contributed by atoms with Crippen LogP contribution in [-0.2, 0) is 0 Å². The molecule has 0 aliphatic rings. The summed E-state index contributed by atoms with van der Waals surface area (Å²) in [6, 6.07) is 39.0. The summed E-state index contributed by atoms with van der Waals surface area (Å²) in [6.45, 7) is 4.27. The second-order valence-corrected chi connectivity index (χ2v) is 8.30. The van der Waals surface area contributed by atoms with Crippen molar-refractivity contribution in [3.63, 3.8) is 0 Å². The molecule has 4 aromatic carbocycles. The molecule has 0 unspecified atom stereocenters. The second-order valence-electron chi connectivity index (χ2n) is 7.22. The molecular weight excluding hydrogens is 368 g/mol. The maximum atomic E-state index is 2.23. The summed E-state index contributed by atoms with van der Waals surface area (Å²) in [4.78, 5) is 2.51. The second kappa shape index (κ2) is 8.98. The van der Waals surface area contributed by atoms with Crippen molar-refractivity contribution in [2.24, 2.45) is 0 Å². The van der Waals surface area contributed by atoms with E-state index in [0.717, 1.165) is 0 Å². The first kappa shape index (κ1) is 19.3. The first-order valence-electron chi connectivity index (χ1n) is 9.87. The minimum atomic E-state index is 1.23. The number of hydrogen-bond acceptors (Lipinski definition) is 1. The smallest absolute Gasteiger partial charge is 0.0279 e.